The molecule has 64 heavy (non-hydrogen) atoms. The highest BCUT2D eigenvalue weighted by Crippen LogP contribution is 2.17. The molecule has 0 heterocycles. The average Bonchev–Trinajstić information content (AvgIpc) is 3.29. The molecule has 374 valence electrons. The monoisotopic (exact) mass is 901 g/mol. The van der Waals surface area contributed by atoms with Crippen LogP contribution in [0.3, 0.4) is 0 Å². The van der Waals surface area contributed by atoms with E-state index in [1.54, 1.807) is 7.11 Å². The Labute approximate surface area is 396 Å². The molecule has 3 unspecified atom stereocenters. The van der Waals surface area contributed by atoms with Crippen LogP contribution >= 0.6 is 0 Å². The number of hydrogen-bond acceptors (Lipinski definition) is 7. The fraction of sp³-hybridized carbons (Fsp3) is 0.825. The molecule has 0 aromatic rings. The minimum atomic E-state index is -0.953. The zero-order valence-electron chi connectivity index (χ0n) is 42.5. The number of unbranched alkanes of at least 4 members (excludes halogenated alkanes) is 26. The zero-order chi connectivity index (χ0) is 46.7. The third kappa shape index (κ3) is 47.7. The molecule has 0 saturated heterocycles. The van der Waals surface area contributed by atoms with Crippen molar-refractivity contribution in [2.75, 3.05) is 20.3 Å². The van der Waals surface area contributed by atoms with Crippen molar-refractivity contribution < 1.29 is 33.6 Å². The molecule has 0 aromatic heterocycles. The van der Waals surface area contributed by atoms with Crippen LogP contribution in [0.5, 0.6) is 0 Å². The lowest BCUT2D eigenvalue weighted by molar-refractivity contribution is -0.173. The molecule has 0 fully saturated rings. The van der Waals surface area contributed by atoms with Gasteiger partial charge in [0, 0.05) is 20.0 Å². The highest BCUT2D eigenvalue weighted by Gasteiger charge is 2.20. The zero-order valence-corrected chi connectivity index (χ0v) is 42.5. The fourth-order valence-corrected chi connectivity index (χ4v) is 7.83. The summed E-state index contributed by atoms with van der Waals surface area (Å²) < 4.78 is 22.9. The number of methoxy groups -OCH3 is 1. The average molecular weight is 901 g/mol. The van der Waals surface area contributed by atoms with Crippen LogP contribution in [0.2, 0.25) is 0 Å². The number of aliphatic hydroxyl groups excluding tert-OH is 1. The highest BCUT2D eigenvalue weighted by atomic mass is 16.6. The van der Waals surface area contributed by atoms with Crippen LogP contribution in [0.4, 0.5) is 0 Å². The van der Waals surface area contributed by atoms with Gasteiger partial charge in [-0.3, -0.25) is 9.59 Å². The van der Waals surface area contributed by atoms with Crippen molar-refractivity contribution >= 4 is 11.9 Å². The number of aliphatic hydroxyl groups is 1. The van der Waals surface area contributed by atoms with E-state index in [-0.39, 0.29) is 37.7 Å². The summed E-state index contributed by atoms with van der Waals surface area (Å²) in [5.41, 5.74) is 0. The van der Waals surface area contributed by atoms with Crippen molar-refractivity contribution in [1.29, 1.82) is 0 Å². The quantitative estimate of drug-likeness (QED) is 0.0281. The van der Waals surface area contributed by atoms with Gasteiger partial charge in [-0.2, -0.15) is 0 Å². The van der Waals surface area contributed by atoms with E-state index in [9.17, 15) is 14.7 Å². The summed E-state index contributed by atoms with van der Waals surface area (Å²) in [6.07, 6.45) is 58.4. The second-order valence-corrected chi connectivity index (χ2v) is 18.3. The molecule has 0 bridgehead atoms. The first kappa shape index (κ1) is 61.8. The third-order valence-electron chi connectivity index (χ3n) is 12.1. The Hall–Kier alpha value is -2.22. The maximum Gasteiger partial charge on any atom is 0.306 e. The Kier molecular flexibility index (Phi) is 50.0. The van der Waals surface area contributed by atoms with E-state index >= 15 is 0 Å². The topological polar surface area (TPSA) is 91.3 Å². The lowest BCUT2D eigenvalue weighted by Gasteiger charge is -2.21. The van der Waals surface area contributed by atoms with E-state index in [1.807, 2.05) is 0 Å². The summed E-state index contributed by atoms with van der Waals surface area (Å²) in [5, 5.41) is 10.6. The van der Waals surface area contributed by atoms with Gasteiger partial charge >= 0.3 is 11.9 Å². The standard InChI is InChI=1S/C57H104O7/c1-5-8-11-14-17-20-23-25-27-29-32-35-38-41-44-47-55(58)62-51-54(52-63-56(59)48-45-42-39-36-33-30-28-26-24-21-18-15-12-9-6-2)64-57(60)50-49-53(61-4)46-43-40-37-34-31-22-19-16-13-10-7-3/h17-18,20-21,25-28,53-55,58H,5-16,19,22-24,29-52H2,1-4H3/b20-17-,21-18-,27-25-,28-26-. The molecule has 0 radical (unpaired) electrons. The second kappa shape index (κ2) is 51.8. The Balaban J connectivity index is 4.58. The molecule has 0 aliphatic heterocycles. The number of hydrogen-bond donors (Lipinski definition) is 1. The van der Waals surface area contributed by atoms with Gasteiger partial charge in [-0.15, -0.1) is 0 Å². The first-order valence-electron chi connectivity index (χ1n) is 27.2. The van der Waals surface area contributed by atoms with E-state index < -0.39 is 12.4 Å². The van der Waals surface area contributed by atoms with Gasteiger partial charge in [-0.1, -0.05) is 204 Å². The van der Waals surface area contributed by atoms with Crippen molar-refractivity contribution in [2.24, 2.45) is 0 Å². The van der Waals surface area contributed by atoms with Gasteiger partial charge in [0.1, 0.15) is 6.61 Å². The van der Waals surface area contributed by atoms with Crippen LogP contribution in [0.25, 0.3) is 0 Å². The largest absolute Gasteiger partial charge is 0.462 e. The Morgan fingerprint density at radius 2 is 0.828 bits per heavy atom. The van der Waals surface area contributed by atoms with Crippen molar-refractivity contribution in [3.05, 3.63) is 48.6 Å². The van der Waals surface area contributed by atoms with Crippen molar-refractivity contribution in [2.45, 2.75) is 283 Å². The number of carbonyl (C=O) groups is 2. The van der Waals surface area contributed by atoms with Gasteiger partial charge in [-0.05, 0) is 96.3 Å². The molecule has 7 nitrogen and oxygen atoms in total. The minimum absolute atomic E-state index is 0.00746. The maximum atomic E-state index is 13.0. The number of ether oxygens (including phenoxy) is 4. The number of allylic oxidation sites excluding steroid dienone is 8. The molecular formula is C57H104O7. The summed E-state index contributed by atoms with van der Waals surface area (Å²) >= 11 is 0. The number of carbonyl (C=O) groups excluding carboxylic acids is 2. The van der Waals surface area contributed by atoms with Crippen LogP contribution in [-0.2, 0) is 28.5 Å². The van der Waals surface area contributed by atoms with Gasteiger partial charge in [-0.25, -0.2) is 0 Å². The molecule has 0 amide bonds. The Bertz CT molecular complexity index is 1100. The van der Waals surface area contributed by atoms with E-state index in [0.29, 0.717) is 19.3 Å². The van der Waals surface area contributed by atoms with Crippen LogP contribution in [0.15, 0.2) is 48.6 Å². The molecule has 0 rings (SSSR count). The molecule has 0 aliphatic carbocycles. The molecule has 0 saturated carbocycles. The predicted molar refractivity (Wildman–Crippen MR) is 273 cm³/mol. The summed E-state index contributed by atoms with van der Waals surface area (Å²) in [7, 11) is 1.72. The van der Waals surface area contributed by atoms with Crippen LogP contribution in [0, 0.1) is 0 Å². The second-order valence-electron chi connectivity index (χ2n) is 18.3. The van der Waals surface area contributed by atoms with E-state index in [2.05, 4.69) is 69.4 Å². The fourth-order valence-electron chi connectivity index (χ4n) is 7.83. The molecular weight excluding hydrogens is 797 g/mol. The Morgan fingerprint density at radius 1 is 0.422 bits per heavy atom. The van der Waals surface area contributed by atoms with Crippen LogP contribution < -0.4 is 0 Å². The van der Waals surface area contributed by atoms with E-state index in [1.165, 1.54) is 135 Å². The maximum absolute atomic E-state index is 13.0. The third-order valence-corrected chi connectivity index (χ3v) is 12.1. The predicted octanol–water partition coefficient (Wildman–Crippen LogP) is 16.9. The van der Waals surface area contributed by atoms with Gasteiger partial charge in [0.25, 0.3) is 0 Å². The summed E-state index contributed by atoms with van der Waals surface area (Å²) in [4.78, 5) is 25.7. The molecule has 0 aliphatic rings. The smallest absolute Gasteiger partial charge is 0.306 e. The van der Waals surface area contributed by atoms with Gasteiger partial charge in [0.2, 0.25) is 0 Å². The van der Waals surface area contributed by atoms with Crippen molar-refractivity contribution in [1.82, 2.24) is 0 Å². The molecule has 0 aromatic carbocycles. The number of rotatable bonds is 50. The van der Waals surface area contributed by atoms with Gasteiger partial charge in [0.05, 0.1) is 12.7 Å². The SMILES string of the molecule is CCCCC/C=C\C/C=C\CCCCCCCC(=O)OCC(COC(O)CCCCCCC/C=C\C/C=C\CCCCC)OC(=O)CCC(CCCCCCCCCCCCC)OC. The van der Waals surface area contributed by atoms with Crippen molar-refractivity contribution in [3.63, 3.8) is 0 Å². The minimum Gasteiger partial charge on any atom is -0.462 e. The lowest BCUT2D eigenvalue weighted by atomic mass is 10.0. The van der Waals surface area contributed by atoms with E-state index in [4.69, 9.17) is 18.9 Å². The first-order chi connectivity index (χ1) is 31.5. The van der Waals surface area contributed by atoms with Gasteiger partial charge < -0.3 is 24.1 Å². The molecule has 7 heteroatoms. The summed E-state index contributed by atoms with van der Waals surface area (Å²) in [5.74, 6) is -0.647. The Morgan fingerprint density at radius 3 is 1.31 bits per heavy atom. The van der Waals surface area contributed by atoms with E-state index in [0.717, 1.165) is 83.5 Å². The normalized spacial score (nSPS) is 13.5. The highest BCUT2D eigenvalue weighted by molar-refractivity contribution is 5.70. The number of esters is 2. The van der Waals surface area contributed by atoms with Crippen molar-refractivity contribution in [3.8, 4) is 0 Å². The molecule has 0 spiro atoms. The van der Waals surface area contributed by atoms with Gasteiger partial charge in [0.15, 0.2) is 12.4 Å². The molecule has 3 atom stereocenters. The summed E-state index contributed by atoms with van der Waals surface area (Å²) in [6, 6.07) is 0. The summed E-state index contributed by atoms with van der Waals surface area (Å²) in [6.45, 7) is 6.65. The lowest BCUT2D eigenvalue weighted by Crippen LogP contribution is -2.32. The van der Waals surface area contributed by atoms with Crippen LogP contribution in [-0.4, -0.2) is 55.9 Å². The molecule has 1 N–H and O–H groups in total. The van der Waals surface area contributed by atoms with Crippen LogP contribution in [0.1, 0.15) is 265 Å². The first-order valence-corrected chi connectivity index (χ1v) is 27.2.